The van der Waals surface area contributed by atoms with Crippen LogP contribution in [0, 0.1) is 0 Å². The molecular weight excluding hydrogens is 254 g/mol. The molecule has 5 heteroatoms. The second-order valence-electron chi connectivity index (χ2n) is 4.98. The Morgan fingerprint density at radius 3 is 2.90 bits per heavy atom. The maximum Gasteiger partial charge on any atom is 0.242 e. The Hall–Kier alpha value is -2.04. The normalized spacial score (nSPS) is 18.4. The first-order valence-corrected chi connectivity index (χ1v) is 7.04. The topological polar surface area (TPSA) is 70.2 Å². The van der Waals surface area contributed by atoms with Crippen molar-refractivity contribution in [2.24, 2.45) is 0 Å². The van der Waals surface area contributed by atoms with Crippen molar-refractivity contribution >= 4 is 17.5 Å². The predicted molar refractivity (Wildman–Crippen MR) is 78.6 cm³/mol. The van der Waals surface area contributed by atoms with Gasteiger partial charge in [-0.2, -0.15) is 0 Å². The van der Waals surface area contributed by atoms with Gasteiger partial charge in [0.2, 0.25) is 11.8 Å². The van der Waals surface area contributed by atoms with Crippen LogP contribution in [0.4, 0.5) is 5.69 Å². The van der Waals surface area contributed by atoms with Crippen LogP contribution in [0.5, 0.6) is 0 Å². The molecule has 0 aromatic heterocycles. The van der Waals surface area contributed by atoms with Crippen LogP contribution in [0.1, 0.15) is 31.7 Å². The molecule has 1 heterocycles. The molecule has 5 nitrogen and oxygen atoms in total. The third-order valence-corrected chi connectivity index (χ3v) is 3.50. The number of hydrogen-bond acceptors (Lipinski definition) is 3. The summed E-state index contributed by atoms with van der Waals surface area (Å²) < 4.78 is 0. The van der Waals surface area contributed by atoms with E-state index in [9.17, 15) is 9.59 Å². The van der Waals surface area contributed by atoms with E-state index < -0.39 is 6.04 Å². The van der Waals surface area contributed by atoms with Gasteiger partial charge in [-0.05, 0) is 31.9 Å². The van der Waals surface area contributed by atoms with Crippen molar-refractivity contribution in [2.45, 2.75) is 32.2 Å². The van der Waals surface area contributed by atoms with Gasteiger partial charge in [-0.3, -0.25) is 9.59 Å². The number of para-hydroxylation sites is 1. The number of fused-ring (bicyclic) bond motifs is 1. The fraction of sp³-hybridized carbons (Fsp3) is 0.467. The van der Waals surface area contributed by atoms with Crippen LogP contribution in [-0.2, 0) is 9.59 Å². The van der Waals surface area contributed by atoms with Gasteiger partial charge in [-0.15, -0.1) is 0 Å². The first-order chi connectivity index (χ1) is 9.63. The summed E-state index contributed by atoms with van der Waals surface area (Å²) in [6.45, 7) is 4.89. The molecule has 0 spiro atoms. The second-order valence-corrected chi connectivity index (χ2v) is 4.98. The summed E-state index contributed by atoms with van der Waals surface area (Å²) in [5, 5.41) is 8.79. The highest BCUT2D eigenvalue weighted by molar-refractivity contribution is 5.91. The van der Waals surface area contributed by atoms with Gasteiger partial charge in [-0.1, -0.05) is 18.2 Å². The van der Waals surface area contributed by atoms with Crippen LogP contribution >= 0.6 is 0 Å². The summed E-state index contributed by atoms with van der Waals surface area (Å²) in [4.78, 5) is 24.0. The maximum atomic E-state index is 12.4. The van der Waals surface area contributed by atoms with E-state index in [0.717, 1.165) is 24.2 Å². The highest BCUT2D eigenvalue weighted by Crippen LogP contribution is 2.31. The van der Waals surface area contributed by atoms with Crippen molar-refractivity contribution in [1.29, 1.82) is 0 Å². The third kappa shape index (κ3) is 3.10. The molecule has 0 saturated carbocycles. The Morgan fingerprint density at radius 2 is 2.15 bits per heavy atom. The Morgan fingerprint density at radius 1 is 1.40 bits per heavy atom. The fourth-order valence-electron chi connectivity index (χ4n) is 2.45. The number of nitrogens with one attached hydrogen (secondary N) is 3. The number of likely N-dealkylation sites (N-methyl/N-ethyl adjacent to an activating group) is 1. The molecule has 2 unspecified atom stereocenters. The van der Waals surface area contributed by atoms with E-state index in [4.69, 9.17) is 0 Å². The van der Waals surface area contributed by atoms with Gasteiger partial charge in [0.1, 0.15) is 6.04 Å². The Labute approximate surface area is 119 Å². The van der Waals surface area contributed by atoms with Gasteiger partial charge in [-0.25, -0.2) is 0 Å². The Bertz CT molecular complexity index is 502. The summed E-state index contributed by atoms with van der Waals surface area (Å²) in [6, 6.07) is 7.30. The first kappa shape index (κ1) is 14.4. The standard InChI is InChI=1S/C15H21N3O2/c1-3-16-14(19)10(2)18-15(20)12-8-9-17-13-7-5-4-6-11(12)13/h4-7,10,12,17H,3,8-9H2,1-2H3,(H,16,19)(H,18,20). The molecule has 2 amide bonds. The molecule has 0 fully saturated rings. The summed E-state index contributed by atoms with van der Waals surface area (Å²) in [5.41, 5.74) is 2.00. The molecule has 1 aliphatic rings. The number of hydrogen-bond donors (Lipinski definition) is 3. The van der Waals surface area contributed by atoms with Gasteiger partial charge in [0.25, 0.3) is 0 Å². The SMILES string of the molecule is CCNC(=O)C(C)NC(=O)C1CCNc2ccccc21. The lowest BCUT2D eigenvalue weighted by atomic mass is 9.90. The molecule has 1 aromatic rings. The summed E-state index contributed by atoms with van der Waals surface area (Å²) in [5.74, 6) is -0.426. The molecule has 3 N–H and O–H groups in total. The highest BCUT2D eigenvalue weighted by Gasteiger charge is 2.27. The molecule has 20 heavy (non-hydrogen) atoms. The van der Waals surface area contributed by atoms with E-state index in [1.165, 1.54) is 0 Å². The number of anilines is 1. The van der Waals surface area contributed by atoms with E-state index >= 15 is 0 Å². The average molecular weight is 275 g/mol. The van der Waals surface area contributed by atoms with Crippen LogP contribution in [0.25, 0.3) is 0 Å². The molecule has 1 aromatic carbocycles. The molecule has 1 aliphatic heterocycles. The zero-order valence-electron chi connectivity index (χ0n) is 11.9. The van der Waals surface area contributed by atoms with Crippen molar-refractivity contribution < 1.29 is 9.59 Å². The van der Waals surface area contributed by atoms with E-state index in [-0.39, 0.29) is 17.7 Å². The smallest absolute Gasteiger partial charge is 0.242 e. The van der Waals surface area contributed by atoms with Crippen LogP contribution in [0.15, 0.2) is 24.3 Å². The van der Waals surface area contributed by atoms with Crippen LogP contribution in [-0.4, -0.2) is 30.9 Å². The fourth-order valence-corrected chi connectivity index (χ4v) is 2.45. The molecule has 0 radical (unpaired) electrons. The number of benzene rings is 1. The van der Waals surface area contributed by atoms with E-state index in [1.54, 1.807) is 6.92 Å². The van der Waals surface area contributed by atoms with Gasteiger partial charge in [0, 0.05) is 18.8 Å². The summed E-state index contributed by atoms with van der Waals surface area (Å²) in [6.07, 6.45) is 0.741. The zero-order valence-corrected chi connectivity index (χ0v) is 11.9. The van der Waals surface area contributed by atoms with Crippen LogP contribution < -0.4 is 16.0 Å². The lowest BCUT2D eigenvalue weighted by Gasteiger charge is -2.27. The predicted octanol–water partition coefficient (Wildman–Crippen LogP) is 1.23. The van der Waals surface area contributed by atoms with Crippen molar-refractivity contribution in [1.82, 2.24) is 10.6 Å². The molecule has 2 atom stereocenters. The highest BCUT2D eigenvalue weighted by atomic mass is 16.2. The average Bonchev–Trinajstić information content (AvgIpc) is 2.46. The minimum Gasteiger partial charge on any atom is -0.385 e. The lowest BCUT2D eigenvalue weighted by Crippen LogP contribution is -2.46. The lowest BCUT2D eigenvalue weighted by molar-refractivity contribution is -0.129. The maximum absolute atomic E-state index is 12.4. The molecule has 0 bridgehead atoms. The Balaban J connectivity index is 2.05. The number of rotatable bonds is 4. The van der Waals surface area contributed by atoms with E-state index in [1.807, 2.05) is 31.2 Å². The van der Waals surface area contributed by atoms with Gasteiger partial charge >= 0.3 is 0 Å². The van der Waals surface area contributed by atoms with Crippen molar-refractivity contribution in [3.8, 4) is 0 Å². The quantitative estimate of drug-likeness (QED) is 0.774. The van der Waals surface area contributed by atoms with Crippen LogP contribution in [0.2, 0.25) is 0 Å². The number of carbonyl (C=O) groups excluding carboxylic acids is 2. The van der Waals surface area contributed by atoms with Crippen LogP contribution in [0.3, 0.4) is 0 Å². The number of amides is 2. The van der Waals surface area contributed by atoms with E-state index in [0.29, 0.717) is 6.54 Å². The van der Waals surface area contributed by atoms with Crippen molar-refractivity contribution in [2.75, 3.05) is 18.4 Å². The molecular formula is C15H21N3O2. The minimum atomic E-state index is -0.510. The van der Waals surface area contributed by atoms with Gasteiger partial charge in [0.15, 0.2) is 0 Å². The molecule has 108 valence electrons. The first-order valence-electron chi connectivity index (χ1n) is 7.04. The Kier molecular flexibility index (Phi) is 4.61. The van der Waals surface area contributed by atoms with E-state index in [2.05, 4.69) is 16.0 Å². The largest absolute Gasteiger partial charge is 0.385 e. The monoisotopic (exact) mass is 275 g/mol. The molecule has 0 aliphatic carbocycles. The van der Waals surface area contributed by atoms with Crippen molar-refractivity contribution in [3.05, 3.63) is 29.8 Å². The minimum absolute atomic E-state index is 0.0855. The summed E-state index contributed by atoms with van der Waals surface area (Å²) in [7, 11) is 0. The molecule has 2 rings (SSSR count). The van der Waals surface area contributed by atoms with Crippen molar-refractivity contribution in [3.63, 3.8) is 0 Å². The second kappa shape index (κ2) is 6.41. The molecule has 0 saturated heterocycles. The number of carbonyl (C=O) groups is 2. The van der Waals surface area contributed by atoms with Gasteiger partial charge < -0.3 is 16.0 Å². The third-order valence-electron chi connectivity index (χ3n) is 3.50. The summed E-state index contributed by atoms with van der Waals surface area (Å²) >= 11 is 0. The zero-order chi connectivity index (χ0) is 14.5. The van der Waals surface area contributed by atoms with Gasteiger partial charge in [0.05, 0.1) is 5.92 Å².